The summed E-state index contributed by atoms with van der Waals surface area (Å²) in [4.78, 5) is 5.72. The minimum absolute atomic E-state index is 0.228. The third-order valence-corrected chi connectivity index (χ3v) is 5.03. The maximum Gasteiger partial charge on any atom is 0.177 e. The van der Waals surface area contributed by atoms with Gasteiger partial charge in [-0.15, -0.1) is 11.8 Å². The standard InChI is InChI=1S/C17H16FN3S2/c1-22-15-8-4-13(5-9-15)16-11-23-17(21-20-16)19-10-12-2-6-14(18)7-3-12/h2-9H,10-11H2,1H3,(H,19,21). The van der Waals surface area contributed by atoms with Gasteiger partial charge in [0, 0.05) is 10.6 Å². The van der Waals surface area contributed by atoms with Crippen molar-refractivity contribution >= 4 is 34.4 Å². The molecule has 0 unspecified atom stereocenters. The number of nitrogens with zero attached hydrogens (tertiary/aromatic N) is 2. The number of hydrogen-bond acceptors (Lipinski definition) is 4. The van der Waals surface area contributed by atoms with Crippen molar-refractivity contribution in [3.63, 3.8) is 0 Å². The molecule has 2 aromatic carbocycles. The van der Waals surface area contributed by atoms with Crippen LogP contribution in [0.15, 0.2) is 63.5 Å². The van der Waals surface area contributed by atoms with E-state index in [0.717, 1.165) is 27.8 Å². The summed E-state index contributed by atoms with van der Waals surface area (Å²) < 4.78 is 12.9. The Kier molecular flexibility index (Phi) is 5.35. The molecule has 0 radical (unpaired) electrons. The smallest absolute Gasteiger partial charge is 0.177 e. The van der Waals surface area contributed by atoms with Crippen molar-refractivity contribution in [2.24, 2.45) is 10.1 Å². The summed E-state index contributed by atoms with van der Waals surface area (Å²) in [6, 6.07) is 14.8. The van der Waals surface area contributed by atoms with Crippen LogP contribution in [-0.4, -0.2) is 22.9 Å². The molecule has 0 spiro atoms. The Hall–Kier alpha value is -1.79. The van der Waals surface area contributed by atoms with E-state index in [9.17, 15) is 4.39 Å². The van der Waals surface area contributed by atoms with Gasteiger partial charge >= 0.3 is 0 Å². The lowest BCUT2D eigenvalue weighted by molar-refractivity contribution is 0.627. The summed E-state index contributed by atoms with van der Waals surface area (Å²) in [7, 11) is 0. The Labute approximate surface area is 143 Å². The summed E-state index contributed by atoms with van der Waals surface area (Å²) in [6.07, 6.45) is 2.06. The molecule has 0 saturated carbocycles. The minimum atomic E-state index is -0.228. The van der Waals surface area contributed by atoms with Crippen LogP contribution in [0.5, 0.6) is 0 Å². The van der Waals surface area contributed by atoms with Crippen molar-refractivity contribution < 1.29 is 4.39 Å². The van der Waals surface area contributed by atoms with Crippen LogP contribution in [0.4, 0.5) is 4.39 Å². The van der Waals surface area contributed by atoms with Gasteiger partial charge in [0.05, 0.1) is 12.3 Å². The van der Waals surface area contributed by atoms with Crippen molar-refractivity contribution in [2.45, 2.75) is 11.4 Å². The quantitative estimate of drug-likeness (QED) is 0.846. The molecule has 0 amide bonds. The molecule has 0 aromatic heterocycles. The van der Waals surface area contributed by atoms with Crippen LogP contribution in [0.2, 0.25) is 0 Å². The summed E-state index contributed by atoms with van der Waals surface area (Å²) in [6.45, 7) is 0.517. The fraction of sp³-hybridized carbons (Fsp3) is 0.176. The normalized spacial score (nSPS) is 16.1. The predicted molar refractivity (Wildman–Crippen MR) is 97.9 cm³/mol. The van der Waals surface area contributed by atoms with E-state index < -0.39 is 0 Å². The van der Waals surface area contributed by atoms with E-state index in [1.807, 2.05) is 0 Å². The van der Waals surface area contributed by atoms with Crippen molar-refractivity contribution in [2.75, 3.05) is 12.0 Å². The number of halogens is 1. The van der Waals surface area contributed by atoms with Crippen LogP contribution in [0, 0.1) is 5.82 Å². The molecule has 3 nitrogen and oxygen atoms in total. The van der Waals surface area contributed by atoms with Gasteiger partial charge in [0.25, 0.3) is 0 Å². The number of nitrogens with one attached hydrogen (secondary N) is 1. The second-order valence-electron chi connectivity index (χ2n) is 4.94. The third-order valence-electron chi connectivity index (χ3n) is 3.37. The predicted octanol–water partition coefficient (Wildman–Crippen LogP) is 4.14. The monoisotopic (exact) mass is 345 g/mol. The molecule has 118 valence electrons. The average Bonchev–Trinajstić information content (AvgIpc) is 2.62. The molecule has 1 N–H and O–H groups in total. The van der Waals surface area contributed by atoms with Crippen LogP contribution in [0.3, 0.4) is 0 Å². The number of benzene rings is 2. The Morgan fingerprint density at radius 3 is 2.52 bits per heavy atom. The van der Waals surface area contributed by atoms with Gasteiger partial charge in [0.1, 0.15) is 5.82 Å². The first-order valence-corrected chi connectivity index (χ1v) is 9.34. The van der Waals surface area contributed by atoms with Gasteiger partial charge in [-0.05, 0) is 41.6 Å². The highest BCUT2D eigenvalue weighted by molar-refractivity contribution is 8.14. The van der Waals surface area contributed by atoms with E-state index in [1.165, 1.54) is 17.0 Å². The molecule has 23 heavy (non-hydrogen) atoms. The van der Waals surface area contributed by atoms with E-state index in [0.29, 0.717) is 6.54 Å². The van der Waals surface area contributed by atoms with E-state index in [4.69, 9.17) is 0 Å². The van der Waals surface area contributed by atoms with Gasteiger partial charge < -0.3 is 0 Å². The molecule has 0 aliphatic carbocycles. The van der Waals surface area contributed by atoms with E-state index >= 15 is 0 Å². The molecule has 1 aliphatic rings. The molecule has 1 heterocycles. The molecule has 0 fully saturated rings. The third kappa shape index (κ3) is 4.36. The van der Waals surface area contributed by atoms with Crippen LogP contribution >= 0.6 is 23.5 Å². The van der Waals surface area contributed by atoms with Gasteiger partial charge in [0.2, 0.25) is 0 Å². The van der Waals surface area contributed by atoms with Crippen LogP contribution < -0.4 is 5.43 Å². The highest BCUT2D eigenvalue weighted by Gasteiger charge is 2.12. The SMILES string of the molecule is CSc1ccc(C2=NNC(=NCc3ccc(F)cc3)SC2)cc1. The van der Waals surface area contributed by atoms with Crippen molar-refractivity contribution in [3.8, 4) is 0 Å². The lowest BCUT2D eigenvalue weighted by atomic mass is 10.1. The minimum Gasteiger partial charge on any atom is -0.256 e. The van der Waals surface area contributed by atoms with Gasteiger partial charge in [0.15, 0.2) is 5.17 Å². The molecular weight excluding hydrogens is 329 g/mol. The van der Waals surface area contributed by atoms with Crippen LogP contribution in [-0.2, 0) is 6.54 Å². The van der Waals surface area contributed by atoms with Crippen LogP contribution in [0.1, 0.15) is 11.1 Å². The number of amidine groups is 1. The molecule has 0 atom stereocenters. The Balaban J connectivity index is 1.62. The van der Waals surface area contributed by atoms with Crippen molar-refractivity contribution in [1.29, 1.82) is 0 Å². The van der Waals surface area contributed by atoms with Crippen molar-refractivity contribution in [1.82, 2.24) is 5.43 Å². The second kappa shape index (κ2) is 7.66. The summed E-state index contributed by atoms with van der Waals surface area (Å²) in [5.41, 5.74) is 6.12. The van der Waals surface area contributed by atoms with Gasteiger partial charge in [-0.25, -0.2) is 4.39 Å². The number of aliphatic imine (C=N–C) groups is 1. The maximum absolute atomic E-state index is 12.9. The second-order valence-corrected chi connectivity index (χ2v) is 6.78. The number of hydrazone groups is 1. The fourth-order valence-corrected chi connectivity index (χ4v) is 3.26. The van der Waals surface area contributed by atoms with Crippen LogP contribution in [0.25, 0.3) is 0 Å². The summed E-state index contributed by atoms with van der Waals surface area (Å²) in [5, 5.41) is 5.20. The zero-order chi connectivity index (χ0) is 16.1. The summed E-state index contributed by atoms with van der Waals surface area (Å²) >= 11 is 3.35. The van der Waals surface area contributed by atoms with Gasteiger partial charge in [-0.1, -0.05) is 36.0 Å². The number of thioether (sulfide) groups is 2. The summed E-state index contributed by atoms with van der Waals surface area (Å²) in [5.74, 6) is 0.557. The molecule has 6 heteroatoms. The topological polar surface area (TPSA) is 36.8 Å². The largest absolute Gasteiger partial charge is 0.256 e. The molecule has 2 aromatic rings. The van der Waals surface area contributed by atoms with E-state index in [2.05, 4.69) is 46.0 Å². The Morgan fingerprint density at radius 1 is 1.17 bits per heavy atom. The first-order valence-electron chi connectivity index (χ1n) is 7.13. The molecule has 3 rings (SSSR count). The first kappa shape index (κ1) is 16.1. The lowest BCUT2D eigenvalue weighted by Gasteiger charge is -2.15. The van der Waals surface area contributed by atoms with Crippen molar-refractivity contribution in [3.05, 3.63) is 65.5 Å². The van der Waals surface area contributed by atoms with E-state index in [1.54, 1.807) is 35.7 Å². The first-order chi connectivity index (χ1) is 11.2. The molecule has 0 bridgehead atoms. The molecule has 1 aliphatic heterocycles. The Bertz CT molecular complexity index is 725. The Morgan fingerprint density at radius 2 is 1.91 bits per heavy atom. The zero-order valence-electron chi connectivity index (χ0n) is 12.6. The zero-order valence-corrected chi connectivity index (χ0v) is 14.3. The highest BCUT2D eigenvalue weighted by atomic mass is 32.2. The van der Waals surface area contributed by atoms with Gasteiger partial charge in [-0.3, -0.25) is 10.4 Å². The fourth-order valence-electron chi connectivity index (χ4n) is 2.08. The highest BCUT2D eigenvalue weighted by Crippen LogP contribution is 2.18. The number of hydrogen-bond donors (Lipinski definition) is 1. The average molecular weight is 345 g/mol. The number of rotatable bonds is 4. The lowest BCUT2D eigenvalue weighted by Crippen LogP contribution is -2.25. The molecular formula is C17H16FN3S2. The van der Waals surface area contributed by atoms with E-state index in [-0.39, 0.29) is 5.82 Å². The maximum atomic E-state index is 12.9. The molecule has 0 saturated heterocycles. The van der Waals surface area contributed by atoms with Gasteiger partial charge in [-0.2, -0.15) is 5.10 Å².